The molecule has 0 aromatic heterocycles. The van der Waals surface area contributed by atoms with Gasteiger partial charge in [0.25, 0.3) is 0 Å². The number of rotatable bonds is 3. The highest BCUT2D eigenvalue weighted by Gasteiger charge is 2.04. The zero-order chi connectivity index (χ0) is 11.6. The summed E-state index contributed by atoms with van der Waals surface area (Å²) in [6.45, 7) is 9.69. The summed E-state index contributed by atoms with van der Waals surface area (Å²) >= 11 is 0. The van der Waals surface area contributed by atoms with Crippen LogP contribution in [0.15, 0.2) is 11.6 Å². The van der Waals surface area contributed by atoms with E-state index in [0.29, 0.717) is 6.61 Å². The molecule has 3 heteroatoms. The molecule has 0 N–H and O–H groups in total. The van der Waals surface area contributed by atoms with Crippen LogP contribution < -0.4 is 0 Å². The smallest absolute Gasteiger partial charge is 0.308 e. The predicted octanol–water partition coefficient (Wildman–Crippen LogP) is 2.36. The van der Waals surface area contributed by atoms with Crippen LogP contribution in [0.5, 0.6) is 0 Å². The third kappa shape index (κ3) is 13.5. The SMILES string of the molecule is CC(C)=CC=O.CCOC(=O)C(C)C. The Morgan fingerprint density at radius 2 is 1.86 bits per heavy atom. The topological polar surface area (TPSA) is 43.4 Å². The molecule has 0 amide bonds. The van der Waals surface area contributed by atoms with Gasteiger partial charge in [0.1, 0.15) is 6.29 Å². The average molecular weight is 200 g/mol. The van der Waals surface area contributed by atoms with Gasteiger partial charge in [0.2, 0.25) is 0 Å². The minimum Gasteiger partial charge on any atom is -0.466 e. The van der Waals surface area contributed by atoms with Crippen LogP contribution in [0, 0.1) is 5.92 Å². The van der Waals surface area contributed by atoms with Crippen LogP contribution in [0.3, 0.4) is 0 Å². The second-order valence-corrected chi connectivity index (χ2v) is 3.29. The summed E-state index contributed by atoms with van der Waals surface area (Å²) in [4.78, 5) is 20.1. The molecule has 0 aromatic carbocycles. The molecule has 14 heavy (non-hydrogen) atoms. The summed E-state index contributed by atoms with van der Waals surface area (Å²) in [7, 11) is 0. The minimum atomic E-state index is -0.118. The Morgan fingerprint density at radius 1 is 1.36 bits per heavy atom. The highest BCUT2D eigenvalue weighted by molar-refractivity contribution is 5.71. The standard InChI is InChI=1S/C6H12O2.C5H8O/c1-4-8-6(7)5(2)3;1-5(2)3-4-6/h5H,4H2,1-3H3;3-4H,1-2H3. The molecular formula is C11H20O3. The number of ether oxygens (including phenoxy) is 1. The lowest BCUT2D eigenvalue weighted by Crippen LogP contribution is -2.10. The van der Waals surface area contributed by atoms with E-state index in [4.69, 9.17) is 0 Å². The van der Waals surface area contributed by atoms with Crippen molar-refractivity contribution in [2.45, 2.75) is 34.6 Å². The Balaban J connectivity index is 0. The molecule has 0 bridgehead atoms. The van der Waals surface area contributed by atoms with Crippen molar-refractivity contribution >= 4 is 12.3 Å². The van der Waals surface area contributed by atoms with E-state index in [1.165, 1.54) is 6.08 Å². The fraction of sp³-hybridized carbons (Fsp3) is 0.636. The van der Waals surface area contributed by atoms with Gasteiger partial charge in [0.05, 0.1) is 12.5 Å². The van der Waals surface area contributed by atoms with Crippen LogP contribution in [0.2, 0.25) is 0 Å². The van der Waals surface area contributed by atoms with Crippen LogP contribution in [0.4, 0.5) is 0 Å². The van der Waals surface area contributed by atoms with E-state index in [-0.39, 0.29) is 11.9 Å². The van der Waals surface area contributed by atoms with Gasteiger partial charge in [-0.15, -0.1) is 0 Å². The lowest BCUT2D eigenvalue weighted by Gasteiger charge is -2.01. The first-order valence-electron chi connectivity index (χ1n) is 4.71. The Labute approximate surface area is 86.1 Å². The molecule has 0 aliphatic heterocycles. The van der Waals surface area contributed by atoms with Crippen molar-refractivity contribution in [1.29, 1.82) is 0 Å². The zero-order valence-corrected chi connectivity index (χ0v) is 9.66. The molecule has 0 rings (SSSR count). The maximum Gasteiger partial charge on any atom is 0.308 e. The highest BCUT2D eigenvalue weighted by atomic mass is 16.5. The van der Waals surface area contributed by atoms with Crippen LogP contribution >= 0.6 is 0 Å². The highest BCUT2D eigenvalue weighted by Crippen LogP contribution is 1.93. The first-order chi connectivity index (χ1) is 6.45. The van der Waals surface area contributed by atoms with E-state index in [1.807, 2.05) is 27.7 Å². The van der Waals surface area contributed by atoms with Crippen LogP contribution in [0.25, 0.3) is 0 Å². The summed E-state index contributed by atoms with van der Waals surface area (Å²) < 4.78 is 4.66. The van der Waals surface area contributed by atoms with E-state index >= 15 is 0 Å². The lowest BCUT2D eigenvalue weighted by atomic mass is 10.2. The third-order valence-electron chi connectivity index (χ3n) is 1.16. The Bertz CT molecular complexity index is 189. The van der Waals surface area contributed by atoms with Gasteiger partial charge in [0.15, 0.2) is 0 Å². The van der Waals surface area contributed by atoms with Crippen molar-refractivity contribution in [1.82, 2.24) is 0 Å². The lowest BCUT2D eigenvalue weighted by molar-refractivity contribution is -0.146. The molecule has 3 nitrogen and oxygen atoms in total. The maximum atomic E-state index is 10.5. The Hall–Kier alpha value is -1.12. The number of aldehydes is 1. The van der Waals surface area contributed by atoms with E-state index in [2.05, 4.69) is 4.74 Å². The maximum absolute atomic E-state index is 10.5. The molecule has 0 heterocycles. The van der Waals surface area contributed by atoms with Gasteiger partial charge in [0, 0.05) is 0 Å². The zero-order valence-electron chi connectivity index (χ0n) is 9.66. The van der Waals surface area contributed by atoms with Crippen LogP contribution in [-0.4, -0.2) is 18.9 Å². The molecule has 0 aromatic rings. The Kier molecular flexibility index (Phi) is 10.9. The van der Waals surface area contributed by atoms with Gasteiger partial charge in [-0.3, -0.25) is 9.59 Å². The molecule has 82 valence electrons. The summed E-state index contributed by atoms with van der Waals surface area (Å²) in [5.41, 5.74) is 1.05. The molecule has 0 spiro atoms. The summed E-state index contributed by atoms with van der Waals surface area (Å²) in [6, 6.07) is 0. The predicted molar refractivity (Wildman–Crippen MR) is 57.0 cm³/mol. The molecule has 0 saturated heterocycles. The molecule has 0 unspecified atom stereocenters. The number of esters is 1. The van der Waals surface area contributed by atoms with E-state index < -0.39 is 0 Å². The van der Waals surface area contributed by atoms with Crippen molar-refractivity contribution in [3.05, 3.63) is 11.6 Å². The normalized spacial score (nSPS) is 8.43. The number of hydrogen-bond acceptors (Lipinski definition) is 3. The summed E-state index contributed by atoms with van der Waals surface area (Å²) in [6.07, 6.45) is 2.31. The quantitative estimate of drug-likeness (QED) is 0.399. The fourth-order valence-corrected chi connectivity index (χ4v) is 0.445. The van der Waals surface area contributed by atoms with Crippen molar-refractivity contribution in [3.63, 3.8) is 0 Å². The fourth-order valence-electron chi connectivity index (χ4n) is 0.445. The molecule has 0 aliphatic carbocycles. The minimum absolute atomic E-state index is 0.00921. The largest absolute Gasteiger partial charge is 0.466 e. The average Bonchev–Trinajstić information content (AvgIpc) is 2.05. The first-order valence-corrected chi connectivity index (χ1v) is 4.71. The van der Waals surface area contributed by atoms with Gasteiger partial charge < -0.3 is 4.74 Å². The molecule has 0 radical (unpaired) electrons. The second kappa shape index (κ2) is 9.96. The molecule has 0 aliphatic rings. The van der Waals surface area contributed by atoms with Gasteiger partial charge in [-0.05, 0) is 26.8 Å². The van der Waals surface area contributed by atoms with Crippen LogP contribution in [0.1, 0.15) is 34.6 Å². The van der Waals surface area contributed by atoms with Crippen molar-refractivity contribution < 1.29 is 14.3 Å². The van der Waals surface area contributed by atoms with E-state index in [9.17, 15) is 9.59 Å². The first kappa shape index (κ1) is 15.4. The summed E-state index contributed by atoms with van der Waals surface area (Å²) in [5, 5.41) is 0. The summed E-state index contributed by atoms with van der Waals surface area (Å²) in [5.74, 6) is -0.109. The van der Waals surface area contributed by atoms with Crippen molar-refractivity contribution in [3.8, 4) is 0 Å². The van der Waals surface area contributed by atoms with Gasteiger partial charge in [-0.1, -0.05) is 19.4 Å². The molecule has 0 atom stereocenters. The molecular weight excluding hydrogens is 180 g/mol. The number of carbonyl (C=O) groups is 2. The number of carbonyl (C=O) groups excluding carboxylic acids is 2. The third-order valence-corrected chi connectivity index (χ3v) is 1.16. The molecule has 0 saturated carbocycles. The number of hydrogen-bond donors (Lipinski definition) is 0. The van der Waals surface area contributed by atoms with Gasteiger partial charge in [-0.2, -0.15) is 0 Å². The van der Waals surface area contributed by atoms with Gasteiger partial charge in [-0.25, -0.2) is 0 Å². The van der Waals surface area contributed by atoms with Gasteiger partial charge >= 0.3 is 5.97 Å². The monoisotopic (exact) mass is 200 g/mol. The van der Waals surface area contributed by atoms with Crippen molar-refractivity contribution in [2.24, 2.45) is 5.92 Å². The Morgan fingerprint density at radius 3 is 1.93 bits per heavy atom. The molecule has 0 fully saturated rings. The van der Waals surface area contributed by atoms with Crippen LogP contribution in [-0.2, 0) is 14.3 Å². The van der Waals surface area contributed by atoms with E-state index in [0.717, 1.165) is 11.9 Å². The second-order valence-electron chi connectivity index (χ2n) is 3.29. The number of allylic oxidation sites excluding steroid dienone is 2. The van der Waals surface area contributed by atoms with E-state index in [1.54, 1.807) is 6.92 Å². The van der Waals surface area contributed by atoms with Crippen molar-refractivity contribution in [2.75, 3.05) is 6.61 Å².